The van der Waals surface area contributed by atoms with Crippen LogP contribution >= 0.6 is 0 Å². The summed E-state index contributed by atoms with van der Waals surface area (Å²) in [5.74, 6) is 3.06. The highest BCUT2D eigenvalue weighted by atomic mass is 15.2. The topological polar surface area (TPSA) is 32.3 Å². The second kappa shape index (κ2) is 5.76. The van der Waals surface area contributed by atoms with Crippen molar-refractivity contribution in [2.24, 2.45) is 5.92 Å². The van der Waals surface area contributed by atoms with E-state index in [1.807, 2.05) is 0 Å². The number of hydrogen-bond donors (Lipinski definition) is 0. The van der Waals surface area contributed by atoms with Gasteiger partial charge in [0.2, 0.25) is 0 Å². The van der Waals surface area contributed by atoms with Gasteiger partial charge in [-0.3, -0.25) is 0 Å². The van der Waals surface area contributed by atoms with Crippen LogP contribution in [0.2, 0.25) is 0 Å². The van der Waals surface area contributed by atoms with Gasteiger partial charge in [-0.1, -0.05) is 13.3 Å². The molecule has 104 valence electrons. The Bertz CT molecular complexity index is 414. The standard InChI is InChI=1S/C15H24N4/c1-2-13-6-5-9-19(11-13)15-10-14(16-12-17-15)18-7-3-4-8-18/h10,12-13H,2-9,11H2,1H3. The summed E-state index contributed by atoms with van der Waals surface area (Å²) >= 11 is 0. The highest BCUT2D eigenvalue weighted by Crippen LogP contribution is 2.26. The van der Waals surface area contributed by atoms with Gasteiger partial charge < -0.3 is 9.80 Å². The minimum atomic E-state index is 0.832. The molecule has 2 aliphatic rings. The zero-order chi connectivity index (χ0) is 13.1. The van der Waals surface area contributed by atoms with E-state index >= 15 is 0 Å². The molecule has 1 aromatic heterocycles. The summed E-state index contributed by atoms with van der Waals surface area (Å²) in [6.45, 7) is 6.89. The molecule has 0 aliphatic carbocycles. The third-order valence-corrected chi connectivity index (χ3v) is 4.49. The summed E-state index contributed by atoms with van der Waals surface area (Å²) in [5, 5.41) is 0. The summed E-state index contributed by atoms with van der Waals surface area (Å²) in [6, 6.07) is 2.18. The van der Waals surface area contributed by atoms with Crippen LogP contribution in [0.15, 0.2) is 12.4 Å². The molecule has 3 heterocycles. The number of anilines is 2. The zero-order valence-corrected chi connectivity index (χ0v) is 11.9. The predicted molar refractivity (Wildman–Crippen MR) is 78.7 cm³/mol. The maximum Gasteiger partial charge on any atom is 0.134 e. The third-order valence-electron chi connectivity index (χ3n) is 4.49. The molecule has 0 N–H and O–H groups in total. The molecule has 19 heavy (non-hydrogen) atoms. The molecule has 4 heteroatoms. The first-order valence-electron chi connectivity index (χ1n) is 7.68. The van der Waals surface area contributed by atoms with Crippen LogP contribution < -0.4 is 9.80 Å². The molecule has 0 spiro atoms. The van der Waals surface area contributed by atoms with Crippen LogP contribution in [0.4, 0.5) is 11.6 Å². The molecule has 0 aromatic carbocycles. The molecule has 3 rings (SSSR count). The minimum Gasteiger partial charge on any atom is -0.356 e. The normalized spacial score (nSPS) is 23.9. The van der Waals surface area contributed by atoms with Crippen LogP contribution in [-0.2, 0) is 0 Å². The Hall–Kier alpha value is -1.32. The van der Waals surface area contributed by atoms with Gasteiger partial charge in [-0.25, -0.2) is 9.97 Å². The molecule has 2 saturated heterocycles. The SMILES string of the molecule is CCC1CCCN(c2cc(N3CCCC3)ncn2)C1. The van der Waals surface area contributed by atoms with E-state index in [4.69, 9.17) is 0 Å². The van der Waals surface area contributed by atoms with E-state index in [2.05, 4.69) is 32.8 Å². The number of nitrogens with zero attached hydrogens (tertiary/aromatic N) is 4. The largest absolute Gasteiger partial charge is 0.356 e. The van der Waals surface area contributed by atoms with Gasteiger partial charge in [-0.15, -0.1) is 0 Å². The minimum absolute atomic E-state index is 0.832. The Morgan fingerprint density at radius 2 is 1.74 bits per heavy atom. The van der Waals surface area contributed by atoms with Crippen molar-refractivity contribution < 1.29 is 0 Å². The average molecular weight is 260 g/mol. The quantitative estimate of drug-likeness (QED) is 0.836. The summed E-state index contributed by atoms with van der Waals surface area (Å²) in [4.78, 5) is 13.8. The molecule has 0 amide bonds. The van der Waals surface area contributed by atoms with Crippen LogP contribution in [0.3, 0.4) is 0 Å². The lowest BCUT2D eigenvalue weighted by Crippen LogP contribution is -2.36. The fourth-order valence-corrected chi connectivity index (χ4v) is 3.24. The van der Waals surface area contributed by atoms with Crippen molar-refractivity contribution >= 4 is 11.6 Å². The van der Waals surface area contributed by atoms with Crippen LogP contribution in [0.5, 0.6) is 0 Å². The van der Waals surface area contributed by atoms with Gasteiger partial charge in [0.25, 0.3) is 0 Å². The maximum atomic E-state index is 4.49. The van der Waals surface area contributed by atoms with Crippen LogP contribution in [0.1, 0.15) is 39.0 Å². The van der Waals surface area contributed by atoms with Gasteiger partial charge in [0.1, 0.15) is 18.0 Å². The smallest absolute Gasteiger partial charge is 0.134 e. The number of hydrogen-bond acceptors (Lipinski definition) is 4. The molecule has 0 bridgehead atoms. The van der Waals surface area contributed by atoms with E-state index in [0.717, 1.165) is 43.7 Å². The van der Waals surface area contributed by atoms with Crippen molar-refractivity contribution in [1.82, 2.24) is 9.97 Å². The van der Waals surface area contributed by atoms with Gasteiger partial charge >= 0.3 is 0 Å². The van der Waals surface area contributed by atoms with Gasteiger partial charge in [0.15, 0.2) is 0 Å². The second-order valence-corrected chi connectivity index (χ2v) is 5.79. The lowest BCUT2D eigenvalue weighted by molar-refractivity contribution is 0.403. The van der Waals surface area contributed by atoms with E-state index in [9.17, 15) is 0 Å². The van der Waals surface area contributed by atoms with E-state index < -0.39 is 0 Å². The first-order chi connectivity index (χ1) is 9.36. The third kappa shape index (κ3) is 2.82. The summed E-state index contributed by atoms with van der Waals surface area (Å²) < 4.78 is 0. The van der Waals surface area contributed by atoms with Crippen molar-refractivity contribution in [3.05, 3.63) is 12.4 Å². The van der Waals surface area contributed by atoms with E-state index in [1.165, 1.54) is 32.1 Å². The number of rotatable bonds is 3. The van der Waals surface area contributed by atoms with Crippen molar-refractivity contribution in [2.45, 2.75) is 39.0 Å². The van der Waals surface area contributed by atoms with Gasteiger partial charge in [0, 0.05) is 32.2 Å². The second-order valence-electron chi connectivity index (χ2n) is 5.79. The molecule has 0 saturated carbocycles. The van der Waals surface area contributed by atoms with E-state index in [1.54, 1.807) is 6.33 Å². The van der Waals surface area contributed by atoms with E-state index in [0.29, 0.717) is 0 Å². The summed E-state index contributed by atoms with van der Waals surface area (Å²) in [6.07, 6.45) is 8.26. The lowest BCUT2D eigenvalue weighted by Gasteiger charge is -2.33. The lowest BCUT2D eigenvalue weighted by atomic mass is 9.96. The van der Waals surface area contributed by atoms with Gasteiger partial charge in [-0.2, -0.15) is 0 Å². The van der Waals surface area contributed by atoms with Crippen LogP contribution in [0, 0.1) is 5.92 Å². The summed E-state index contributed by atoms with van der Waals surface area (Å²) in [5.41, 5.74) is 0. The average Bonchev–Trinajstić information content (AvgIpc) is 3.02. The summed E-state index contributed by atoms with van der Waals surface area (Å²) in [7, 11) is 0. The Morgan fingerprint density at radius 3 is 2.47 bits per heavy atom. The Kier molecular flexibility index (Phi) is 3.85. The molecule has 2 fully saturated rings. The molecular formula is C15H24N4. The zero-order valence-electron chi connectivity index (χ0n) is 11.9. The number of piperidine rings is 1. The molecule has 1 aromatic rings. The Balaban J connectivity index is 1.74. The van der Waals surface area contributed by atoms with Crippen molar-refractivity contribution in [3.8, 4) is 0 Å². The first kappa shape index (κ1) is 12.7. The van der Waals surface area contributed by atoms with Crippen molar-refractivity contribution in [3.63, 3.8) is 0 Å². The molecule has 1 atom stereocenters. The van der Waals surface area contributed by atoms with Crippen LogP contribution in [-0.4, -0.2) is 36.1 Å². The fraction of sp³-hybridized carbons (Fsp3) is 0.733. The maximum absolute atomic E-state index is 4.49. The van der Waals surface area contributed by atoms with Gasteiger partial charge in [-0.05, 0) is 31.6 Å². The monoisotopic (exact) mass is 260 g/mol. The molecule has 1 unspecified atom stereocenters. The highest BCUT2D eigenvalue weighted by molar-refractivity contribution is 5.50. The fourth-order valence-electron chi connectivity index (χ4n) is 3.24. The molecular weight excluding hydrogens is 236 g/mol. The van der Waals surface area contributed by atoms with Crippen molar-refractivity contribution in [2.75, 3.05) is 36.0 Å². The molecule has 0 radical (unpaired) electrons. The molecule has 2 aliphatic heterocycles. The van der Waals surface area contributed by atoms with E-state index in [-0.39, 0.29) is 0 Å². The first-order valence-corrected chi connectivity index (χ1v) is 7.68. The Labute approximate surface area is 115 Å². The van der Waals surface area contributed by atoms with Gasteiger partial charge in [0.05, 0.1) is 0 Å². The highest BCUT2D eigenvalue weighted by Gasteiger charge is 2.21. The Morgan fingerprint density at radius 1 is 1.05 bits per heavy atom. The van der Waals surface area contributed by atoms with Crippen molar-refractivity contribution in [1.29, 1.82) is 0 Å². The predicted octanol–water partition coefficient (Wildman–Crippen LogP) is 2.70. The number of aromatic nitrogens is 2. The molecule has 4 nitrogen and oxygen atoms in total. The van der Waals surface area contributed by atoms with Crippen LogP contribution in [0.25, 0.3) is 0 Å².